The number of imidazole rings is 1. The summed E-state index contributed by atoms with van der Waals surface area (Å²) < 4.78 is 27.0. The van der Waals surface area contributed by atoms with Crippen molar-refractivity contribution < 1.29 is 47.7 Å². The van der Waals surface area contributed by atoms with E-state index in [1.165, 1.54) is 4.57 Å². The Kier molecular flexibility index (Phi) is 17.5. The minimum atomic E-state index is -0.862. The van der Waals surface area contributed by atoms with Gasteiger partial charge in [0.2, 0.25) is 29.5 Å². The molecule has 5 aromatic carbocycles. The maximum atomic E-state index is 14.6. The van der Waals surface area contributed by atoms with Crippen LogP contribution < -0.4 is 27.0 Å². The van der Waals surface area contributed by atoms with Gasteiger partial charge in [0.25, 0.3) is 0 Å². The minimum Gasteiger partial charge on any atom is -0.465 e. The Balaban J connectivity index is 0.652. The Morgan fingerprint density at radius 1 is 0.750 bits per heavy atom. The van der Waals surface area contributed by atoms with Crippen LogP contribution >= 0.6 is 0 Å². The van der Waals surface area contributed by atoms with E-state index in [4.69, 9.17) is 24.7 Å². The maximum absolute atomic E-state index is 14.6. The summed E-state index contributed by atoms with van der Waals surface area (Å²) in [4.78, 5) is 93.6. The van der Waals surface area contributed by atoms with Gasteiger partial charge < -0.3 is 30.0 Å². The van der Waals surface area contributed by atoms with Gasteiger partial charge in [-0.25, -0.2) is 4.79 Å². The Hall–Kier alpha value is -7.73. The Bertz CT molecular complexity index is 3300. The van der Waals surface area contributed by atoms with E-state index >= 15 is 0 Å². The molecule has 4 heterocycles. The van der Waals surface area contributed by atoms with Crippen molar-refractivity contribution in [3.63, 3.8) is 0 Å². The van der Waals surface area contributed by atoms with Crippen LogP contribution in [0.2, 0.25) is 0 Å². The first-order valence-electron chi connectivity index (χ1n) is 28.1. The van der Waals surface area contributed by atoms with Gasteiger partial charge in [-0.3, -0.25) is 48.1 Å². The lowest BCUT2D eigenvalue weighted by Gasteiger charge is -2.31. The summed E-state index contributed by atoms with van der Waals surface area (Å²) in [5.41, 5.74) is 17.0. The largest absolute Gasteiger partial charge is 0.465 e. The molecule has 4 aliphatic rings. The second kappa shape index (κ2) is 25.2. The van der Waals surface area contributed by atoms with Crippen LogP contribution in [0.1, 0.15) is 109 Å². The molecule has 0 spiro atoms. The van der Waals surface area contributed by atoms with Gasteiger partial charge in [-0.05, 0) is 120 Å². The molecule has 1 aromatic heterocycles. The fraction of sp³-hybridized carbons (Fsp3) is 0.413. The van der Waals surface area contributed by atoms with E-state index in [0.29, 0.717) is 57.6 Å². The molecule has 4 N–H and O–H groups in total. The number of nitrogens with two attached hydrogens (primary N) is 1. The predicted molar refractivity (Wildman–Crippen MR) is 300 cm³/mol. The highest BCUT2D eigenvalue weighted by atomic mass is 16.5. The number of carbonyl (C=O) groups is 6. The van der Waals surface area contributed by atoms with Gasteiger partial charge in [-0.1, -0.05) is 97.1 Å². The third-order valence-electron chi connectivity index (χ3n) is 16.3. The molecule has 5 amide bonds. The molecule has 80 heavy (non-hydrogen) atoms. The molecule has 3 aliphatic heterocycles. The van der Waals surface area contributed by atoms with E-state index in [9.17, 15) is 33.6 Å². The molecule has 1 aliphatic carbocycles. The molecule has 10 rings (SSSR count). The van der Waals surface area contributed by atoms with Crippen LogP contribution in [-0.4, -0.2) is 95.9 Å². The SMILES string of the molecule is C[C@@H](OCc1ccc(CCCOCCOCCCc2ccc3c(c2)n(C)c(=O)n3C2CCC(=O)NC2=O)cc1)[C@H](CCC(N)=O)NC(=O)[C@@H]1Cc2cccc3c2N1C(=O)[C@@H](CC(=O)OCC1c2ccccc2-c2ccccc21)CC3. The molecule has 1 unspecified atom stereocenters. The molecule has 0 bridgehead atoms. The number of esters is 1. The zero-order valence-electron chi connectivity index (χ0n) is 45.5. The highest BCUT2D eigenvalue weighted by Crippen LogP contribution is 2.45. The van der Waals surface area contributed by atoms with Crippen molar-refractivity contribution >= 4 is 52.2 Å². The standard InChI is InChI=1S/C63H70N6O11/c1-39(79-37-42-20-18-40(19-21-42)10-8-30-77-32-33-78-31-9-11-41-22-26-52-54(34-41)67(2)63(76)68(52)53-27-29-57(71)66-60(53)73)51(25-28-56(64)70)65-61(74)55-35-44-13-7-12-43-23-24-45(62(75)69(55)59(43)44)36-58(72)80-38-50-48-16-5-3-14-46(48)47-15-4-6-17-49(47)50/h3-7,12-22,26,34,39,45,50-51,53,55H,8-11,23-25,27-33,35-38H2,1-2H3,(H2,64,70)(H,65,74)(H,66,71,73)/t39-,45-,51+,53?,55+/m1/s1. The lowest BCUT2D eigenvalue weighted by atomic mass is 9.95. The minimum absolute atomic E-state index is 0.0301. The van der Waals surface area contributed by atoms with Crippen LogP contribution in [0.25, 0.3) is 22.2 Å². The Labute approximate surface area is 465 Å². The number of ether oxygens (including phenoxy) is 4. The Morgan fingerprint density at radius 2 is 1.41 bits per heavy atom. The van der Waals surface area contributed by atoms with E-state index in [0.717, 1.165) is 87.0 Å². The fourth-order valence-corrected chi connectivity index (χ4v) is 12.0. The topological polar surface area (TPSA) is 220 Å². The van der Waals surface area contributed by atoms with Crippen molar-refractivity contribution in [1.29, 1.82) is 0 Å². The van der Waals surface area contributed by atoms with Gasteiger partial charge in [-0.15, -0.1) is 0 Å². The number of benzene rings is 5. The highest BCUT2D eigenvalue weighted by molar-refractivity contribution is 6.06. The van der Waals surface area contributed by atoms with Crippen molar-refractivity contribution in [3.8, 4) is 11.1 Å². The first-order valence-corrected chi connectivity index (χ1v) is 28.1. The van der Waals surface area contributed by atoms with Gasteiger partial charge in [0, 0.05) is 51.4 Å². The average Bonchev–Trinajstić information content (AvgIpc) is 4.08. The molecular weight excluding hydrogens is 1020 g/mol. The number of para-hydroxylation sites is 1. The number of anilines is 1. The van der Waals surface area contributed by atoms with Crippen molar-refractivity contribution in [1.82, 2.24) is 19.8 Å². The summed E-state index contributed by atoms with van der Waals surface area (Å²) in [5.74, 6) is -3.16. The first kappa shape index (κ1) is 55.6. The van der Waals surface area contributed by atoms with Gasteiger partial charge in [-0.2, -0.15) is 0 Å². The zero-order valence-corrected chi connectivity index (χ0v) is 45.5. The number of amides is 5. The summed E-state index contributed by atoms with van der Waals surface area (Å²) in [6.45, 7) is 4.39. The molecule has 17 heteroatoms. The van der Waals surface area contributed by atoms with Crippen LogP contribution in [0, 0.1) is 5.92 Å². The van der Waals surface area contributed by atoms with Gasteiger partial charge in [0.05, 0.1) is 55.1 Å². The van der Waals surface area contributed by atoms with Gasteiger partial charge >= 0.3 is 11.7 Å². The number of hydrogen-bond donors (Lipinski definition) is 3. The number of fused-ring (bicyclic) bond motifs is 4. The molecule has 6 aromatic rings. The summed E-state index contributed by atoms with van der Waals surface area (Å²) in [5, 5.41) is 5.48. The maximum Gasteiger partial charge on any atom is 0.329 e. The number of piperidine rings is 1. The smallest absolute Gasteiger partial charge is 0.329 e. The van der Waals surface area contributed by atoms with E-state index in [2.05, 4.69) is 47.0 Å². The van der Waals surface area contributed by atoms with Crippen LogP contribution in [0.15, 0.2) is 114 Å². The normalized spacial score (nSPS) is 18.3. The van der Waals surface area contributed by atoms with Gasteiger partial charge in [0.1, 0.15) is 18.7 Å². The molecule has 418 valence electrons. The Morgan fingerprint density at radius 3 is 2.11 bits per heavy atom. The number of aromatic nitrogens is 2. The molecule has 0 radical (unpaired) electrons. The quantitative estimate of drug-likeness (QED) is 0.0306. The van der Waals surface area contributed by atoms with Crippen molar-refractivity contribution in [2.24, 2.45) is 18.7 Å². The van der Waals surface area contributed by atoms with Crippen molar-refractivity contribution in [2.45, 2.75) is 121 Å². The number of hydrogen-bond acceptors (Lipinski definition) is 11. The third kappa shape index (κ3) is 12.3. The lowest BCUT2D eigenvalue weighted by Crippen LogP contribution is -2.54. The number of rotatable bonds is 25. The number of nitrogens with zero attached hydrogens (tertiary/aromatic N) is 3. The predicted octanol–water partition coefficient (Wildman–Crippen LogP) is 6.84. The first-order chi connectivity index (χ1) is 38.8. The second-order valence-corrected chi connectivity index (χ2v) is 21.6. The zero-order chi connectivity index (χ0) is 55.9. The number of carbonyl (C=O) groups excluding carboxylic acids is 6. The summed E-state index contributed by atoms with van der Waals surface area (Å²) in [7, 11) is 1.69. The number of primary amides is 1. The second-order valence-electron chi connectivity index (χ2n) is 21.6. The van der Waals surface area contributed by atoms with E-state index < -0.39 is 47.9 Å². The molecule has 1 fully saturated rings. The van der Waals surface area contributed by atoms with Crippen molar-refractivity contribution in [3.05, 3.63) is 159 Å². The lowest BCUT2D eigenvalue weighted by molar-refractivity contribution is -0.147. The monoisotopic (exact) mass is 1090 g/mol. The van der Waals surface area contributed by atoms with E-state index in [1.54, 1.807) is 16.5 Å². The number of nitrogens with one attached hydrogen (secondary N) is 2. The van der Waals surface area contributed by atoms with Gasteiger partial charge in [0.15, 0.2) is 0 Å². The third-order valence-corrected chi connectivity index (χ3v) is 16.3. The molecule has 17 nitrogen and oxygen atoms in total. The molecule has 0 saturated carbocycles. The van der Waals surface area contributed by atoms with Crippen molar-refractivity contribution in [2.75, 3.05) is 37.9 Å². The average molecular weight is 1090 g/mol. The number of imide groups is 1. The van der Waals surface area contributed by atoms with E-state index in [1.807, 2.05) is 79.7 Å². The number of aryl methyl sites for hydroxylation is 4. The fourth-order valence-electron chi connectivity index (χ4n) is 12.0. The molecular formula is C63H70N6O11. The molecule has 5 atom stereocenters. The van der Waals surface area contributed by atoms with Crippen LogP contribution in [0.5, 0.6) is 0 Å². The highest BCUT2D eigenvalue weighted by Gasteiger charge is 2.45. The van der Waals surface area contributed by atoms with Crippen LogP contribution in [-0.2, 0) is 87.1 Å². The molecule has 1 saturated heterocycles. The summed E-state index contributed by atoms with van der Waals surface area (Å²) in [6.07, 6.45) is 4.68. The summed E-state index contributed by atoms with van der Waals surface area (Å²) >= 11 is 0. The van der Waals surface area contributed by atoms with Crippen LogP contribution in [0.4, 0.5) is 5.69 Å². The summed E-state index contributed by atoms with van der Waals surface area (Å²) in [6, 6.07) is 34.0. The van der Waals surface area contributed by atoms with E-state index in [-0.39, 0.29) is 68.2 Å². The van der Waals surface area contributed by atoms with Crippen LogP contribution in [0.3, 0.4) is 0 Å².